The van der Waals surface area contributed by atoms with Gasteiger partial charge in [0.2, 0.25) is 0 Å². The van der Waals surface area contributed by atoms with Crippen molar-refractivity contribution in [2.75, 3.05) is 44.4 Å². The summed E-state index contributed by atoms with van der Waals surface area (Å²) in [6, 6.07) is 12.4. The summed E-state index contributed by atoms with van der Waals surface area (Å²) in [4.78, 5) is 10.7. The van der Waals surface area contributed by atoms with Crippen LogP contribution in [0, 0.1) is 0 Å². The van der Waals surface area contributed by atoms with Gasteiger partial charge in [0.25, 0.3) is 0 Å². The SMILES string of the molecule is CN(C)CCCNc1cc(NCCc2ccccc2)ncn1. The summed E-state index contributed by atoms with van der Waals surface area (Å²) in [6.45, 7) is 2.85. The first-order valence-corrected chi connectivity index (χ1v) is 7.72. The lowest BCUT2D eigenvalue weighted by molar-refractivity contribution is 0.405. The molecular formula is C17H25N5. The van der Waals surface area contributed by atoms with Crippen molar-refractivity contribution in [1.29, 1.82) is 0 Å². The fourth-order valence-corrected chi connectivity index (χ4v) is 2.14. The van der Waals surface area contributed by atoms with Gasteiger partial charge < -0.3 is 15.5 Å². The highest BCUT2D eigenvalue weighted by Crippen LogP contribution is 2.09. The van der Waals surface area contributed by atoms with Gasteiger partial charge in [-0.15, -0.1) is 0 Å². The molecule has 0 bridgehead atoms. The van der Waals surface area contributed by atoms with Gasteiger partial charge in [0, 0.05) is 19.2 Å². The molecule has 0 aliphatic rings. The first kappa shape index (κ1) is 16.2. The highest BCUT2D eigenvalue weighted by Gasteiger charge is 1.99. The number of hydrogen-bond donors (Lipinski definition) is 2. The van der Waals surface area contributed by atoms with E-state index in [0.717, 1.165) is 44.1 Å². The minimum absolute atomic E-state index is 0.862. The van der Waals surface area contributed by atoms with Gasteiger partial charge >= 0.3 is 0 Å². The third-order valence-electron chi connectivity index (χ3n) is 3.32. The third kappa shape index (κ3) is 6.10. The molecule has 1 aromatic heterocycles. The number of anilines is 2. The minimum atomic E-state index is 0.862. The van der Waals surface area contributed by atoms with E-state index in [0.29, 0.717) is 0 Å². The van der Waals surface area contributed by atoms with E-state index in [-0.39, 0.29) is 0 Å². The molecule has 0 unspecified atom stereocenters. The number of nitrogens with zero attached hydrogens (tertiary/aromatic N) is 3. The van der Waals surface area contributed by atoms with Crippen molar-refractivity contribution in [3.63, 3.8) is 0 Å². The summed E-state index contributed by atoms with van der Waals surface area (Å²) < 4.78 is 0. The van der Waals surface area contributed by atoms with E-state index in [1.165, 1.54) is 5.56 Å². The molecule has 5 heteroatoms. The normalized spacial score (nSPS) is 10.7. The van der Waals surface area contributed by atoms with Crippen LogP contribution >= 0.6 is 0 Å². The molecule has 0 radical (unpaired) electrons. The van der Waals surface area contributed by atoms with Crippen LogP contribution in [0.3, 0.4) is 0 Å². The summed E-state index contributed by atoms with van der Waals surface area (Å²) in [7, 11) is 4.17. The zero-order valence-electron chi connectivity index (χ0n) is 13.4. The minimum Gasteiger partial charge on any atom is -0.370 e. The third-order valence-corrected chi connectivity index (χ3v) is 3.32. The van der Waals surface area contributed by atoms with Crippen LogP contribution in [0.4, 0.5) is 11.6 Å². The van der Waals surface area contributed by atoms with E-state index in [2.05, 4.69) is 63.9 Å². The van der Waals surface area contributed by atoms with Crippen molar-refractivity contribution in [1.82, 2.24) is 14.9 Å². The Labute approximate surface area is 132 Å². The number of rotatable bonds is 9. The van der Waals surface area contributed by atoms with E-state index < -0.39 is 0 Å². The summed E-state index contributed by atoms with van der Waals surface area (Å²) >= 11 is 0. The molecule has 0 aliphatic heterocycles. The number of benzene rings is 1. The maximum absolute atomic E-state index is 4.26. The summed E-state index contributed by atoms with van der Waals surface area (Å²) in [6.07, 6.45) is 3.67. The van der Waals surface area contributed by atoms with Gasteiger partial charge in [0.05, 0.1) is 0 Å². The van der Waals surface area contributed by atoms with E-state index >= 15 is 0 Å². The van der Waals surface area contributed by atoms with Gasteiger partial charge in [-0.25, -0.2) is 9.97 Å². The highest BCUT2D eigenvalue weighted by molar-refractivity contribution is 5.46. The molecule has 5 nitrogen and oxygen atoms in total. The quantitative estimate of drug-likeness (QED) is 0.697. The molecule has 0 atom stereocenters. The first-order chi connectivity index (χ1) is 10.7. The Morgan fingerprint density at radius 1 is 0.955 bits per heavy atom. The molecular weight excluding hydrogens is 274 g/mol. The molecule has 22 heavy (non-hydrogen) atoms. The van der Waals surface area contributed by atoms with Gasteiger partial charge in [-0.05, 0) is 39.0 Å². The highest BCUT2D eigenvalue weighted by atomic mass is 15.1. The number of nitrogens with one attached hydrogen (secondary N) is 2. The second-order valence-electron chi connectivity index (χ2n) is 5.53. The van der Waals surface area contributed by atoms with Crippen LogP contribution < -0.4 is 10.6 Å². The first-order valence-electron chi connectivity index (χ1n) is 7.72. The largest absolute Gasteiger partial charge is 0.370 e. The predicted molar refractivity (Wildman–Crippen MR) is 92.3 cm³/mol. The molecule has 0 spiro atoms. The van der Waals surface area contributed by atoms with Crippen molar-refractivity contribution >= 4 is 11.6 Å². The van der Waals surface area contributed by atoms with Crippen molar-refractivity contribution in [3.05, 3.63) is 48.3 Å². The number of hydrogen-bond acceptors (Lipinski definition) is 5. The molecule has 0 fully saturated rings. The summed E-state index contributed by atoms with van der Waals surface area (Å²) in [5, 5.41) is 6.67. The molecule has 2 aromatic rings. The molecule has 0 amide bonds. The smallest absolute Gasteiger partial charge is 0.131 e. The Balaban J connectivity index is 1.74. The van der Waals surface area contributed by atoms with Crippen LogP contribution in [0.5, 0.6) is 0 Å². The Hall–Kier alpha value is -2.14. The number of aromatic nitrogens is 2. The van der Waals surface area contributed by atoms with Crippen molar-refractivity contribution in [2.45, 2.75) is 12.8 Å². The second-order valence-corrected chi connectivity index (χ2v) is 5.53. The van der Waals surface area contributed by atoms with Crippen LogP contribution in [0.2, 0.25) is 0 Å². The van der Waals surface area contributed by atoms with Gasteiger partial charge in [0.15, 0.2) is 0 Å². The Morgan fingerprint density at radius 2 is 1.64 bits per heavy atom. The lowest BCUT2D eigenvalue weighted by Gasteiger charge is -2.11. The van der Waals surface area contributed by atoms with Gasteiger partial charge in [0.1, 0.15) is 18.0 Å². The predicted octanol–water partition coefficient (Wildman–Crippen LogP) is 2.49. The zero-order valence-corrected chi connectivity index (χ0v) is 13.4. The average Bonchev–Trinajstić information content (AvgIpc) is 2.53. The molecule has 118 valence electrons. The topological polar surface area (TPSA) is 53.1 Å². The fourth-order valence-electron chi connectivity index (χ4n) is 2.14. The molecule has 1 aromatic carbocycles. The van der Waals surface area contributed by atoms with Crippen LogP contribution in [0.15, 0.2) is 42.7 Å². The lowest BCUT2D eigenvalue weighted by atomic mass is 10.1. The Kier molecular flexibility index (Phi) is 6.64. The monoisotopic (exact) mass is 299 g/mol. The molecule has 0 saturated heterocycles. The molecule has 1 heterocycles. The van der Waals surface area contributed by atoms with E-state index in [9.17, 15) is 0 Å². The van der Waals surface area contributed by atoms with Gasteiger partial charge in [-0.2, -0.15) is 0 Å². The van der Waals surface area contributed by atoms with Crippen LogP contribution in [-0.4, -0.2) is 48.6 Å². The molecule has 2 N–H and O–H groups in total. The van der Waals surface area contributed by atoms with Crippen LogP contribution in [-0.2, 0) is 6.42 Å². The fraction of sp³-hybridized carbons (Fsp3) is 0.412. The van der Waals surface area contributed by atoms with Crippen molar-refractivity contribution in [3.8, 4) is 0 Å². The molecule has 2 rings (SSSR count). The van der Waals surface area contributed by atoms with Crippen LogP contribution in [0.25, 0.3) is 0 Å². The molecule has 0 aliphatic carbocycles. The maximum atomic E-state index is 4.26. The lowest BCUT2D eigenvalue weighted by Crippen LogP contribution is -2.16. The summed E-state index contributed by atoms with van der Waals surface area (Å²) in [5.74, 6) is 1.73. The Morgan fingerprint density at radius 3 is 2.32 bits per heavy atom. The maximum Gasteiger partial charge on any atom is 0.131 e. The van der Waals surface area contributed by atoms with Crippen molar-refractivity contribution < 1.29 is 0 Å². The zero-order chi connectivity index (χ0) is 15.6. The van der Waals surface area contributed by atoms with E-state index in [4.69, 9.17) is 0 Å². The van der Waals surface area contributed by atoms with Crippen molar-refractivity contribution in [2.24, 2.45) is 0 Å². The van der Waals surface area contributed by atoms with Gasteiger partial charge in [-0.3, -0.25) is 0 Å². The van der Waals surface area contributed by atoms with E-state index in [1.807, 2.05) is 12.1 Å². The Bertz CT molecular complexity index is 542. The molecule has 0 saturated carbocycles. The standard InChI is InChI=1S/C17H25N5/c1-22(2)12-6-10-18-16-13-17(21-14-20-16)19-11-9-15-7-4-3-5-8-15/h3-5,7-8,13-14H,6,9-12H2,1-2H3,(H2,18,19,20,21). The van der Waals surface area contributed by atoms with E-state index in [1.54, 1.807) is 6.33 Å². The average molecular weight is 299 g/mol. The van der Waals surface area contributed by atoms with Crippen LogP contribution in [0.1, 0.15) is 12.0 Å². The summed E-state index contributed by atoms with van der Waals surface area (Å²) in [5.41, 5.74) is 1.33. The second kappa shape index (κ2) is 9.00. The van der Waals surface area contributed by atoms with Gasteiger partial charge in [-0.1, -0.05) is 30.3 Å².